The van der Waals surface area contributed by atoms with E-state index in [0.29, 0.717) is 18.7 Å². The third-order valence-corrected chi connectivity index (χ3v) is 5.18. The Morgan fingerprint density at radius 3 is 2.23 bits per heavy atom. The smallest absolute Gasteiger partial charge is 0.438 e. The van der Waals surface area contributed by atoms with Gasteiger partial charge in [-0.3, -0.25) is 14.3 Å². The summed E-state index contributed by atoms with van der Waals surface area (Å²) < 4.78 is 9.87. The molecule has 0 aliphatic heterocycles. The number of nitrogens with one attached hydrogen (secondary N) is 1. The predicted octanol–water partition coefficient (Wildman–Crippen LogP) is 4.20. The zero-order chi connectivity index (χ0) is 21.7. The van der Waals surface area contributed by atoms with Crippen LogP contribution in [-0.2, 0) is 23.1 Å². The number of carbonyl (C=O) groups is 1. The lowest BCUT2D eigenvalue weighted by Crippen LogP contribution is -2.14. The number of ether oxygens (including phenoxy) is 1. The molecule has 0 spiro atoms. The van der Waals surface area contributed by atoms with E-state index in [4.69, 9.17) is 4.74 Å². The third-order valence-electron chi connectivity index (χ3n) is 5.18. The van der Waals surface area contributed by atoms with Crippen molar-refractivity contribution in [3.63, 3.8) is 0 Å². The molecule has 1 heterocycles. The van der Waals surface area contributed by atoms with Gasteiger partial charge in [0.1, 0.15) is 11.5 Å². The molecule has 1 unspecified atom stereocenters. The number of aromatic nitrogens is 2. The Hall–Kier alpha value is -3.15. The number of rotatable bonds is 8. The maximum absolute atomic E-state index is 12.8. The minimum Gasteiger partial charge on any atom is -0.497 e. The maximum Gasteiger partial charge on any atom is 0.438 e. The Morgan fingerprint density at radius 2 is 1.70 bits per heavy atom. The van der Waals surface area contributed by atoms with Gasteiger partial charge in [0.15, 0.2) is 5.82 Å². The van der Waals surface area contributed by atoms with E-state index in [2.05, 4.69) is 47.6 Å². The van der Waals surface area contributed by atoms with Crippen LogP contribution in [0.5, 0.6) is 5.75 Å². The molecule has 0 fully saturated rings. The average Bonchev–Trinajstić information content (AvgIpc) is 3.14. The molecule has 3 aromatic rings. The van der Waals surface area contributed by atoms with Crippen molar-refractivity contribution in [1.29, 1.82) is 0 Å². The second-order valence-electron chi connectivity index (χ2n) is 8.60. The highest BCUT2D eigenvalue weighted by atomic mass is 16.5. The van der Waals surface area contributed by atoms with Gasteiger partial charge in [0.05, 0.1) is 7.11 Å². The van der Waals surface area contributed by atoms with Gasteiger partial charge in [0.25, 0.3) is 0 Å². The monoisotopic (exact) mass is 408 g/mol. The van der Waals surface area contributed by atoms with Crippen molar-refractivity contribution in [3.8, 4) is 5.75 Å². The van der Waals surface area contributed by atoms with Crippen molar-refractivity contribution in [2.24, 2.45) is 0 Å². The fourth-order valence-corrected chi connectivity index (χ4v) is 3.43. The first-order chi connectivity index (χ1) is 14.2. The summed E-state index contributed by atoms with van der Waals surface area (Å²) in [6.45, 7) is 6.49. The summed E-state index contributed by atoms with van der Waals surface area (Å²) in [5.41, 5.74) is 3.30. The van der Waals surface area contributed by atoms with Crippen molar-refractivity contribution >= 4 is 5.78 Å². The molecule has 158 valence electrons. The highest BCUT2D eigenvalue weighted by Gasteiger charge is 2.21. The highest BCUT2D eigenvalue weighted by Crippen LogP contribution is 2.25. The molecule has 0 aliphatic rings. The van der Waals surface area contributed by atoms with Crippen molar-refractivity contribution in [1.82, 2.24) is 10.1 Å². The molecule has 0 saturated heterocycles. The van der Waals surface area contributed by atoms with Crippen LogP contribution in [0.4, 0.5) is 0 Å². The second-order valence-corrected chi connectivity index (χ2v) is 8.60. The summed E-state index contributed by atoms with van der Waals surface area (Å²) in [4.78, 5) is 26.8. The number of H-pyrrole nitrogens is 1. The normalized spacial score (nSPS) is 12.5. The second kappa shape index (κ2) is 9.11. The Bertz CT molecular complexity index is 1020. The SMILES string of the molecule is COc1ccc(CC(CC(=O)Cc2ccc(C(C)(C)C)cc2)c2noc(=O)[nH]2)cc1. The first kappa shape index (κ1) is 21.6. The number of carbonyl (C=O) groups excluding carboxylic acids is 1. The van der Waals surface area contributed by atoms with E-state index in [0.717, 1.165) is 16.9 Å². The van der Waals surface area contributed by atoms with Crippen LogP contribution in [0.2, 0.25) is 0 Å². The lowest BCUT2D eigenvalue weighted by Gasteiger charge is -2.19. The van der Waals surface area contributed by atoms with E-state index in [9.17, 15) is 9.59 Å². The molecular weight excluding hydrogens is 380 g/mol. The number of ketones is 1. The van der Waals surface area contributed by atoms with Crippen LogP contribution < -0.4 is 10.5 Å². The Kier molecular flexibility index (Phi) is 6.55. The molecule has 2 aromatic carbocycles. The highest BCUT2D eigenvalue weighted by molar-refractivity contribution is 5.81. The van der Waals surface area contributed by atoms with E-state index in [1.54, 1.807) is 7.11 Å². The van der Waals surface area contributed by atoms with Crippen LogP contribution >= 0.6 is 0 Å². The summed E-state index contributed by atoms with van der Waals surface area (Å²) in [6.07, 6.45) is 1.16. The quantitative estimate of drug-likeness (QED) is 0.604. The first-order valence-electron chi connectivity index (χ1n) is 10.0. The number of methoxy groups -OCH3 is 1. The number of hydrogen-bond acceptors (Lipinski definition) is 5. The molecule has 0 saturated carbocycles. The topological polar surface area (TPSA) is 85.2 Å². The third kappa shape index (κ3) is 5.69. The number of hydrogen-bond donors (Lipinski definition) is 1. The average molecular weight is 408 g/mol. The first-order valence-corrected chi connectivity index (χ1v) is 10.0. The fraction of sp³-hybridized carbons (Fsp3) is 0.375. The Balaban J connectivity index is 1.72. The van der Waals surface area contributed by atoms with Crippen LogP contribution in [0.15, 0.2) is 57.8 Å². The molecule has 1 N–H and O–H groups in total. The zero-order valence-corrected chi connectivity index (χ0v) is 17.9. The van der Waals surface area contributed by atoms with Gasteiger partial charge in [-0.1, -0.05) is 62.3 Å². The van der Waals surface area contributed by atoms with Crippen LogP contribution in [0.1, 0.15) is 55.6 Å². The minimum atomic E-state index is -0.616. The molecule has 0 aliphatic carbocycles. The largest absolute Gasteiger partial charge is 0.497 e. The molecule has 30 heavy (non-hydrogen) atoms. The summed E-state index contributed by atoms with van der Waals surface area (Å²) in [5.74, 6) is 0.356. The Morgan fingerprint density at radius 1 is 1.07 bits per heavy atom. The summed E-state index contributed by atoms with van der Waals surface area (Å²) in [5, 5.41) is 3.82. The van der Waals surface area contributed by atoms with E-state index in [-0.39, 0.29) is 23.5 Å². The molecule has 3 rings (SSSR count). The maximum atomic E-state index is 12.8. The lowest BCUT2D eigenvalue weighted by molar-refractivity contribution is -0.118. The van der Waals surface area contributed by atoms with E-state index in [1.165, 1.54) is 5.56 Å². The van der Waals surface area contributed by atoms with Crippen LogP contribution in [-0.4, -0.2) is 23.0 Å². The molecule has 0 radical (unpaired) electrons. The molecule has 6 heteroatoms. The zero-order valence-electron chi connectivity index (χ0n) is 17.9. The van der Waals surface area contributed by atoms with Crippen LogP contribution in [0, 0.1) is 0 Å². The Labute approximate surface area is 176 Å². The number of Topliss-reactive ketones (excluding diaryl/α,β-unsaturated/α-hetero) is 1. The lowest BCUT2D eigenvalue weighted by atomic mass is 9.86. The molecule has 6 nitrogen and oxygen atoms in total. The number of nitrogens with zero attached hydrogens (tertiary/aromatic N) is 1. The minimum absolute atomic E-state index is 0.0742. The predicted molar refractivity (Wildman–Crippen MR) is 115 cm³/mol. The van der Waals surface area contributed by atoms with Crippen LogP contribution in [0.25, 0.3) is 0 Å². The van der Waals surface area contributed by atoms with E-state index >= 15 is 0 Å². The van der Waals surface area contributed by atoms with Gasteiger partial charge in [-0.2, -0.15) is 0 Å². The summed E-state index contributed by atoms with van der Waals surface area (Å²) in [7, 11) is 1.62. The molecule has 1 atom stereocenters. The van der Waals surface area contributed by atoms with Crippen molar-refractivity contribution in [2.75, 3.05) is 7.11 Å². The van der Waals surface area contributed by atoms with Gasteiger partial charge in [-0.15, -0.1) is 0 Å². The number of benzene rings is 2. The number of aromatic amines is 1. The van der Waals surface area contributed by atoms with E-state index < -0.39 is 5.76 Å². The molecular formula is C24H28N2O4. The van der Waals surface area contributed by atoms with Gasteiger partial charge in [-0.25, -0.2) is 4.79 Å². The van der Waals surface area contributed by atoms with Crippen LogP contribution in [0.3, 0.4) is 0 Å². The van der Waals surface area contributed by atoms with E-state index in [1.807, 2.05) is 36.4 Å². The van der Waals surface area contributed by atoms with Crippen molar-refractivity contribution in [2.45, 2.75) is 51.4 Å². The summed E-state index contributed by atoms with van der Waals surface area (Å²) in [6, 6.07) is 15.8. The molecule has 0 bridgehead atoms. The van der Waals surface area contributed by atoms with Crippen molar-refractivity contribution < 1.29 is 14.1 Å². The standard InChI is InChI=1S/C24H28N2O4/c1-24(2,3)19-9-5-17(6-10-19)14-20(27)15-18(22-25-23(28)30-26-22)13-16-7-11-21(29-4)12-8-16/h5-12,18H,13-15H2,1-4H3,(H,25,26,28). The van der Waals surface area contributed by atoms with Crippen molar-refractivity contribution in [3.05, 3.63) is 81.6 Å². The van der Waals surface area contributed by atoms with Gasteiger partial charge in [-0.05, 0) is 40.7 Å². The van der Waals surface area contributed by atoms with Gasteiger partial charge < -0.3 is 4.74 Å². The fourth-order valence-electron chi connectivity index (χ4n) is 3.43. The summed E-state index contributed by atoms with van der Waals surface area (Å²) >= 11 is 0. The molecule has 0 amide bonds. The van der Waals surface area contributed by atoms with Gasteiger partial charge in [0.2, 0.25) is 0 Å². The van der Waals surface area contributed by atoms with Gasteiger partial charge in [0, 0.05) is 18.8 Å². The molecule has 1 aromatic heterocycles. The van der Waals surface area contributed by atoms with Gasteiger partial charge >= 0.3 is 5.76 Å².